The van der Waals surface area contributed by atoms with E-state index in [0.717, 1.165) is 36.3 Å². The fourth-order valence-corrected chi connectivity index (χ4v) is 6.88. The molecule has 4 rings (SSSR count). The fraction of sp³-hybridized carbons (Fsp3) is 0.565. The van der Waals surface area contributed by atoms with Gasteiger partial charge in [-0.1, -0.05) is 18.2 Å². The minimum absolute atomic E-state index is 0.658. The molecule has 5 heteroatoms. The molecule has 0 radical (unpaired) electrons. The van der Waals surface area contributed by atoms with Crippen LogP contribution < -0.4 is 0 Å². The highest BCUT2D eigenvalue weighted by Crippen LogP contribution is 2.48. The van der Waals surface area contributed by atoms with Gasteiger partial charge in [0.25, 0.3) is 0 Å². The molecule has 1 aromatic heterocycles. The van der Waals surface area contributed by atoms with E-state index in [2.05, 4.69) is 60.6 Å². The van der Waals surface area contributed by atoms with Crippen molar-refractivity contribution in [1.82, 2.24) is 9.80 Å². The van der Waals surface area contributed by atoms with Crippen molar-refractivity contribution in [3.63, 3.8) is 0 Å². The van der Waals surface area contributed by atoms with Crippen LogP contribution in [0.4, 0.5) is 0 Å². The van der Waals surface area contributed by atoms with Crippen molar-refractivity contribution in [2.75, 3.05) is 40.8 Å². The number of nitrogens with zero attached hydrogens (tertiary/aromatic N) is 2. The number of hydrogen-bond acceptors (Lipinski definition) is 5. The molecule has 2 aromatic rings. The predicted molar refractivity (Wildman–Crippen MR) is 121 cm³/mol. The van der Waals surface area contributed by atoms with Crippen LogP contribution in [0.3, 0.4) is 0 Å². The molecule has 3 heterocycles. The van der Waals surface area contributed by atoms with Gasteiger partial charge in [-0.3, -0.25) is 0 Å². The summed E-state index contributed by atoms with van der Waals surface area (Å²) in [5, 5.41) is 14.1. The zero-order valence-corrected chi connectivity index (χ0v) is 18.9. The first-order valence-corrected chi connectivity index (χ1v) is 12.2. The van der Waals surface area contributed by atoms with Gasteiger partial charge in [0, 0.05) is 11.3 Å². The Labute approximate surface area is 177 Å². The summed E-state index contributed by atoms with van der Waals surface area (Å²) in [6, 6.07) is 9.09. The summed E-state index contributed by atoms with van der Waals surface area (Å²) in [7, 11) is 6.42. The average molecular weight is 417 g/mol. The van der Waals surface area contributed by atoms with Crippen LogP contribution in [0, 0.1) is 0 Å². The van der Waals surface area contributed by atoms with Crippen molar-refractivity contribution in [3.05, 3.63) is 51.9 Å². The van der Waals surface area contributed by atoms with Gasteiger partial charge in [-0.25, -0.2) is 0 Å². The van der Waals surface area contributed by atoms with Crippen LogP contribution in [0.5, 0.6) is 0 Å². The van der Waals surface area contributed by atoms with Crippen LogP contribution in [0.15, 0.2) is 33.9 Å². The molecular weight excluding hydrogens is 384 g/mol. The molecule has 2 aliphatic rings. The van der Waals surface area contributed by atoms with Crippen molar-refractivity contribution < 1.29 is 5.11 Å². The van der Waals surface area contributed by atoms with Crippen LogP contribution in [-0.4, -0.2) is 55.7 Å². The molecule has 1 saturated heterocycles. The fourth-order valence-electron chi connectivity index (χ4n) is 4.66. The highest BCUT2D eigenvalue weighted by atomic mass is 32.2. The molecule has 3 nitrogen and oxygen atoms in total. The first kappa shape index (κ1) is 20.4. The summed E-state index contributed by atoms with van der Waals surface area (Å²) < 4.78 is 1.28. The molecule has 28 heavy (non-hydrogen) atoms. The Hall–Kier alpha value is -0.850. The van der Waals surface area contributed by atoms with Gasteiger partial charge in [-0.15, -0.1) is 23.1 Å². The molecule has 0 saturated carbocycles. The zero-order chi connectivity index (χ0) is 19.7. The van der Waals surface area contributed by atoms with Gasteiger partial charge < -0.3 is 14.9 Å². The summed E-state index contributed by atoms with van der Waals surface area (Å²) in [4.78, 5) is 4.63. The van der Waals surface area contributed by atoms with E-state index in [-0.39, 0.29) is 0 Å². The summed E-state index contributed by atoms with van der Waals surface area (Å²) in [5.41, 5.74) is 4.18. The lowest BCUT2D eigenvalue weighted by Crippen LogP contribution is -2.30. The monoisotopic (exact) mass is 416 g/mol. The standard InChI is InChI=1S/C23H32N2OS2/c1-24(2)11-4-10-23(26)20-6-5-18(17-7-12-25(3)13-8-17)15-19(20)16-28-22-21(23)9-14-27-22/h5-6,9,14-15,17,26H,4,7-8,10-13,16H2,1-3H3. The quantitative estimate of drug-likeness (QED) is 0.761. The molecule has 0 bridgehead atoms. The number of thioether (sulfide) groups is 1. The molecule has 152 valence electrons. The maximum absolute atomic E-state index is 12.0. The number of benzene rings is 1. The van der Waals surface area contributed by atoms with E-state index >= 15 is 0 Å². The van der Waals surface area contributed by atoms with E-state index in [9.17, 15) is 5.11 Å². The Morgan fingerprint density at radius 1 is 1.18 bits per heavy atom. The Kier molecular flexibility index (Phi) is 6.19. The summed E-state index contributed by atoms with van der Waals surface area (Å²) in [5.74, 6) is 1.62. The Bertz CT molecular complexity index is 811. The normalized spacial score (nSPS) is 23.5. The maximum atomic E-state index is 12.0. The third-order valence-electron chi connectivity index (χ3n) is 6.34. The number of hydrogen-bond donors (Lipinski definition) is 1. The molecule has 0 spiro atoms. The van der Waals surface area contributed by atoms with E-state index in [1.54, 1.807) is 11.3 Å². The number of fused-ring (bicyclic) bond motifs is 2. The van der Waals surface area contributed by atoms with Gasteiger partial charge in [0.1, 0.15) is 5.60 Å². The molecule has 1 fully saturated rings. The first-order chi connectivity index (χ1) is 13.5. The Morgan fingerprint density at radius 3 is 2.71 bits per heavy atom. The molecule has 0 amide bonds. The summed E-state index contributed by atoms with van der Waals surface area (Å²) in [6.45, 7) is 3.36. The topological polar surface area (TPSA) is 26.7 Å². The minimum atomic E-state index is -0.866. The van der Waals surface area contributed by atoms with Crippen LogP contribution >= 0.6 is 23.1 Å². The number of aliphatic hydroxyl groups is 1. The van der Waals surface area contributed by atoms with Gasteiger partial charge in [-0.2, -0.15) is 0 Å². The number of rotatable bonds is 5. The molecule has 2 aliphatic heterocycles. The van der Waals surface area contributed by atoms with Crippen LogP contribution in [-0.2, 0) is 11.4 Å². The average Bonchev–Trinajstić information content (AvgIpc) is 3.12. The van der Waals surface area contributed by atoms with E-state index in [0.29, 0.717) is 5.92 Å². The maximum Gasteiger partial charge on any atom is 0.117 e. The second-order valence-corrected chi connectivity index (χ2v) is 10.8. The summed E-state index contributed by atoms with van der Waals surface area (Å²) in [6.07, 6.45) is 4.24. The van der Waals surface area contributed by atoms with Crippen molar-refractivity contribution in [1.29, 1.82) is 0 Å². The Morgan fingerprint density at radius 2 is 1.96 bits per heavy atom. The van der Waals surface area contributed by atoms with E-state index in [1.165, 1.54) is 41.3 Å². The third kappa shape index (κ3) is 4.05. The van der Waals surface area contributed by atoms with Crippen molar-refractivity contribution >= 4 is 23.1 Å². The van der Waals surface area contributed by atoms with Gasteiger partial charge in [0.15, 0.2) is 0 Å². The van der Waals surface area contributed by atoms with Crippen molar-refractivity contribution in [2.45, 2.75) is 47.2 Å². The van der Waals surface area contributed by atoms with Crippen molar-refractivity contribution in [3.8, 4) is 0 Å². The van der Waals surface area contributed by atoms with Crippen LogP contribution in [0.25, 0.3) is 0 Å². The number of piperidine rings is 1. The zero-order valence-electron chi connectivity index (χ0n) is 17.3. The van der Waals surface area contributed by atoms with Crippen LogP contribution in [0.2, 0.25) is 0 Å². The Balaban J connectivity index is 1.66. The van der Waals surface area contributed by atoms with Crippen LogP contribution in [0.1, 0.15) is 53.9 Å². The largest absolute Gasteiger partial charge is 0.380 e. The number of likely N-dealkylation sites (tertiary alicyclic amines) is 1. The van der Waals surface area contributed by atoms with E-state index in [4.69, 9.17) is 0 Å². The van der Waals surface area contributed by atoms with E-state index in [1.807, 2.05) is 11.8 Å². The highest BCUT2D eigenvalue weighted by molar-refractivity contribution is 8.00. The second-order valence-electron chi connectivity index (χ2n) is 8.67. The van der Waals surface area contributed by atoms with Gasteiger partial charge in [0.2, 0.25) is 0 Å². The third-order valence-corrected chi connectivity index (χ3v) is 8.63. The molecule has 1 unspecified atom stereocenters. The van der Waals surface area contributed by atoms with E-state index < -0.39 is 5.60 Å². The highest BCUT2D eigenvalue weighted by Gasteiger charge is 2.38. The van der Waals surface area contributed by atoms with Gasteiger partial charge >= 0.3 is 0 Å². The lowest BCUT2D eigenvalue weighted by atomic mass is 9.79. The minimum Gasteiger partial charge on any atom is -0.380 e. The predicted octanol–water partition coefficient (Wildman–Crippen LogP) is 4.74. The second kappa shape index (κ2) is 8.49. The molecular formula is C23H32N2OS2. The van der Waals surface area contributed by atoms with Gasteiger partial charge in [0.05, 0.1) is 4.21 Å². The first-order valence-electron chi connectivity index (χ1n) is 10.4. The molecule has 1 atom stereocenters. The molecule has 1 N–H and O–H groups in total. The molecule has 0 aliphatic carbocycles. The summed E-state index contributed by atoms with van der Waals surface area (Å²) >= 11 is 3.67. The lowest BCUT2D eigenvalue weighted by Gasteiger charge is -2.32. The molecule has 1 aromatic carbocycles. The number of thiophene rings is 1. The van der Waals surface area contributed by atoms with Crippen molar-refractivity contribution in [2.24, 2.45) is 0 Å². The van der Waals surface area contributed by atoms with Gasteiger partial charge in [-0.05, 0) is 101 Å². The SMILES string of the molecule is CN(C)CCCC1(O)c2ccc(C3CCN(C)CC3)cc2CSc2sccc21. The lowest BCUT2D eigenvalue weighted by molar-refractivity contribution is 0.0642. The smallest absolute Gasteiger partial charge is 0.117 e.